The van der Waals surface area contributed by atoms with Gasteiger partial charge in [-0.25, -0.2) is 0 Å². The number of hydrogen-bond donors (Lipinski definition) is 0. The highest BCUT2D eigenvalue weighted by atomic mass is 14.0. The maximum absolute atomic E-state index is 2.38. The first-order valence-electron chi connectivity index (χ1n) is 4.70. The van der Waals surface area contributed by atoms with Crippen LogP contribution in [-0.2, 0) is 0 Å². The van der Waals surface area contributed by atoms with Crippen molar-refractivity contribution in [1.82, 2.24) is 0 Å². The van der Waals surface area contributed by atoms with E-state index in [9.17, 15) is 0 Å². The minimum atomic E-state index is 0.724. The van der Waals surface area contributed by atoms with Crippen LogP contribution in [0.2, 0.25) is 0 Å². The first-order valence-corrected chi connectivity index (χ1v) is 4.70. The molecule has 11 heavy (non-hydrogen) atoms. The topological polar surface area (TPSA) is 0 Å². The predicted octanol–water partition coefficient (Wildman–Crippen LogP) is 4.02. The summed E-state index contributed by atoms with van der Waals surface area (Å²) >= 11 is 0. The Hall–Kier alpha value is -0.260. The van der Waals surface area contributed by atoms with Crippen LogP contribution in [-0.4, -0.2) is 0 Å². The highest BCUT2D eigenvalue weighted by Crippen LogP contribution is 2.11. The molecule has 0 N–H and O–H groups in total. The van der Waals surface area contributed by atoms with Crippen molar-refractivity contribution in [2.75, 3.05) is 0 Å². The zero-order valence-electron chi connectivity index (χ0n) is 8.65. The summed E-state index contributed by atoms with van der Waals surface area (Å²) in [4.78, 5) is 0. The molecule has 0 bridgehead atoms. The molecule has 0 amide bonds. The SMILES string of the molecule is CC(=CCCC(C)C)C(C)C. The molecule has 0 fully saturated rings. The molecule has 0 aliphatic heterocycles. The summed E-state index contributed by atoms with van der Waals surface area (Å²) in [5.41, 5.74) is 1.53. The average Bonchev–Trinajstić information content (AvgIpc) is 1.86. The molecule has 0 radical (unpaired) electrons. The van der Waals surface area contributed by atoms with Crippen LogP contribution in [0.25, 0.3) is 0 Å². The van der Waals surface area contributed by atoms with Gasteiger partial charge in [-0.3, -0.25) is 0 Å². The van der Waals surface area contributed by atoms with E-state index < -0.39 is 0 Å². The van der Waals surface area contributed by atoms with Crippen molar-refractivity contribution < 1.29 is 0 Å². The van der Waals surface area contributed by atoms with Gasteiger partial charge in [-0.2, -0.15) is 0 Å². The maximum atomic E-state index is 2.38. The van der Waals surface area contributed by atoms with Gasteiger partial charge in [0.15, 0.2) is 0 Å². The summed E-state index contributed by atoms with van der Waals surface area (Å²) in [6, 6.07) is 0. The van der Waals surface area contributed by atoms with Gasteiger partial charge in [0.05, 0.1) is 0 Å². The minimum Gasteiger partial charge on any atom is -0.0853 e. The second kappa shape index (κ2) is 5.40. The number of hydrogen-bond acceptors (Lipinski definition) is 0. The van der Waals surface area contributed by atoms with Gasteiger partial charge in [0.25, 0.3) is 0 Å². The van der Waals surface area contributed by atoms with E-state index >= 15 is 0 Å². The van der Waals surface area contributed by atoms with Crippen molar-refractivity contribution in [3.63, 3.8) is 0 Å². The minimum absolute atomic E-state index is 0.724. The highest BCUT2D eigenvalue weighted by molar-refractivity contribution is 5.00. The summed E-state index contributed by atoms with van der Waals surface area (Å²) in [5, 5.41) is 0. The lowest BCUT2D eigenvalue weighted by atomic mass is 10.0. The first-order chi connectivity index (χ1) is 5.04. The maximum Gasteiger partial charge on any atom is -0.0263 e. The third kappa shape index (κ3) is 6.15. The molecule has 0 unspecified atom stereocenters. The molecule has 0 aliphatic rings. The molecule has 0 nitrogen and oxygen atoms in total. The lowest BCUT2D eigenvalue weighted by Crippen LogP contribution is -1.90. The van der Waals surface area contributed by atoms with Crippen LogP contribution >= 0.6 is 0 Å². The Kier molecular flexibility index (Phi) is 5.27. The molecule has 0 saturated heterocycles. The zero-order valence-corrected chi connectivity index (χ0v) is 8.65. The molecule has 0 atom stereocenters. The van der Waals surface area contributed by atoms with Crippen LogP contribution in [0.4, 0.5) is 0 Å². The quantitative estimate of drug-likeness (QED) is 0.536. The van der Waals surface area contributed by atoms with E-state index in [1.807, 2.05) is 0 Å². The van der Waals surface area contributed by atoms with Gasteiger partial charge in [0, 0.05) is 0 Å². The Balaban J connectivity index is 3.57. The predicted molar refractivity (Wildman–Crippen MR) is 52.7 cm³/mol. The Bertz CT molecular complexity index is 118. The normalized spacial score (nSPS) is 13.2. The number of allylic oxidation sites excluding steroid dienone is 2. The van der Waals surface area contributed by atoms with E-state index in [4.69, 9.17) is 0 Å². The van der Waals surface area contributed by atoms with Gasteiger partial charge >= 0.3 is 0 Å². The zero-order chi connectivity index (χ0) is 8.85. The largest absolute Gasteiger partial charge is 0.0853 e. The van der Waals surface area contributed by atoms with Crippen LogP contribution < -0.4 is 0 Å². The highest BCUT2D eigenvalue weighted by Gasteiger charge is 1.95. The fraction of sp³-hybridized carbons (Fsp3) is 0.818. The van der Waals surface area contributed by atoms with Crippen LogP contribution in [0.1, 0.15) is 47.5 Å². The van der Waals surface area contributed by atoms with E-state index in [0.29, 0.717) is 0 Å². The summed E-state index contributed by atoms with van der Waals surface area (Å²) < 4.78 is 0. The van der Waals surface area contributed by atoms with Crippen molar-refractivity contribution in [2.24, 2.45) is 11.8 Å². The van der Waals surface area contributed by atoms with Crippen LogP contribution in [0, 0.1) is 11.8 Å². The van der Waals surface area contributed by atoms with Gasteiger partial charge in [-0.15, -0.1) is 0 Å². The van der Waals surface area contributed by atoms with Crippen molar-refractivity contribution in [3.8, 4) is 0 Å². The lowest BCUT2D eigenvalue weighted by molar-refractivity contribution is 0.590. The van der Waals surface area contributed by atoms with Crippen LogP contribution in [0.15, 0.2) is 11.6 Å². The van der Waals surface area contributed by atoms with E-state index in [1.54, 1.807) is 0 Å². The molecule has 0 heterocycles. The van der Waals surface area contributed by atoms with Gasteiger partial charge in [0.2, 0.25) is 0 Å². The Morgan fingerprint density at radius 3 is 2.09 bits per heavy atom. The Morgan fingerprint density at radius 2 is 1.73 bits per heavy atom. The molecule has 0 spiro atoms. The second-order valence-electron chi connectivity index (χ2n) is 4.07. The average molecular weight is 154 g/mol. The van der Waals surface area contributed by atoms with Crippen molar-refractivity contribution in [2.45, 2.75) is 47.5 Å². The molecule has 0 aromatic rings. The molecular formula is C11H22. The summed E-state index contributed by atoms with van der Waals surface area (Å²) in [6.45, 7) is 11.3. The van der Waals surface area contributed by atoms with Crippen LogP contribution in [0.3, 0.4) is 0 Å². The van der Waals surface area contributed by atoms with Gasteiger partial charge in [0.1, 0.15) is 0 Å². The molecule has 0 rings (SSSR count). The molecular weight excluding hydrogens is 132 g/mol. The van der Waals surface area contributed by atoms with Gasteiger partial charge in [-0.1, -0.05) is 39.3 Å². The van der Waals surface area contributed by atoms with E-state index in [-0.39, 0.29) is 0 Å². The molecule has 0 aromatic carbocycles. The van der Waals surface area contributed by atoms with E-state index in [0.717, 1.165) is 11.8 Å². The molecule has 0 heteroatoms. The van der Waals surface area contributed by atoms with Crippen molar-refractivity contribution >= 4 is 0 Å². The molecule has 0 saturated carbocycles. The second-order valence-corrected chi connectivity index (χ2v) is 4.07. The molecule has 0 aliphatic carbocycles. The third-order valence-electron chi connectivity index (χ3n) is 2.12. The lowest BCUT2D eigenvalue weighted by Gasteiger charge is -2.05. The Morgan fingerprint density at radius 1 is 1.18 bits per heavy atom. The fourth-order valence-electron chi connectivity index (χ4n) is 0.880. The smallest absolute Gasteiger partial charge is 0.0263 e. The van der Waals surface area contributed by atoms with Crippen molar-refractivity contribution in [3.05, 3.63) is 11.6 Å². The van der Waals surface area contributed by atoms with Gasteiger partial charge < -0.3 is 0 Å². The fourth-order valence-corrected chi connectivity index (χ4v) is 0.880. The summed E-state index contributed by atoms with van der Waals surface area (Å²) in [6.07, 6.45) is 4.95. The van der Waals surface area contributed by atoms with Gasteiger partial charge in [-0.05, 0) is 31.6 Å². The first kappa shape index (κ1) is 10.7. The Labute approximate surface area is 71.7 Å². The monoisotopic (exact) mass is 154 g/mol. The summed E-state index contributed by atoms with van der Waals surface area (Å²) in [7, 11) is 0. The van der Waals surface area contributed by atoms with E-state index in [2.05, 4.69) is 40.7 Å². The third-order valence-corrected chi connectivity index (χ3v) is 2.12. The standard InChI is InChI=1S/C11H22/c1-9(2)7-6-8-11(5)10(3)4/h8-10H,6-7H2,1-5H3. The molecule has 0 aromatic heterocycles. The van der Waals surface area contributed by atoms with E-state index in [1.165, 1.54) is 18.4 Å². The molecule has 66 valence electrons. The number of rotatable bonds is 4. The van der Waals surface area contributed by atoms with Crippen molar-refractivity contribution in [1.29, 1.82) is 0 Å². The summed E-state index contributed by atoms with van der Waals surface area (Å²) in [5.74, 6) is 1.56. The van der Waals surface area contributed by atoms with Crippen LogP contribution in [0.5, 0.6) is 0 Å².